The van der Waals surface area contributed by atoms with Crippen LogP contribution in [-0.4, -0.2) is 65.2 Å². The van der Waals surface area contributed by atoms with Gasteiger partial charge in [0.1, 0.15) is 6.17 Å². The van der Waals surface area contributed by atoms with Crippen LogP contribution in [0, 0.1) is 22.7 Å². The minimum absolute atomic E-state index is 0.0559. The lowest BCUT2D eigenvalue weighted by atomic mass is 9.44. The molecule has 0 aromatic heterocycles. The summed E-state index contributed by atoms with van der Waals surface area (Å²) in [6.07, 6.45) is 0.357. The van der Waals surface area contributed by atoms with E-state index in [9.17, 15) is 19.5 Å². The quantitative estimate of drug-likeness (QED) is 0.489. The maximum Gasteiger partial charge on any atom is 0.306 e. The summed E-state index contributed by atoms with van der Waals surface area (Å²) in [4.78, 5) is 38.1. The van der Waals surface area contributed by atoms with Crippen molar-refractivity contribution in [3.8, 4) is 0 Å². The third-order valence-electron chi connectivity index (χ3n) is 10.2. The van der Waals surface area contributed by atoms with Crippen molar-refractivity contribution in [1.29, 1.82) is 0 Å². The number of Topliss-reactive ketones (excluding diaryl/α,β-unsaturated/α-hetero) is 1. The molecule has 3 saturated carbocycles. The molecule has 210 valence electrons. The zero-order valence-corrected chi connectivity index (χ0v) is 22.5. The van der Waals surface area contributed by atoms with Crippen LogP contribution in [0.5, 0.6) is 0 Å². The fourth-order valence-electron chi connectivity index (χ4n) is 8.52. The van der Waals surface area contributed by atoms with Crippen LogP contribution in [0.3, 0.4) is 0 Å². The van der Waals surface area contributed by atoms with Crippen molar-refractivity contribution in [2.24, 2.45) is 22.7 Å². The number of aliphatic hydroxyl groups excluding tert-OH is 1. The first-order valence-electron chi connectivity index (χ1n) is 13.9. The van der Waals surface area contributed by atoms with Gasteiger partial charge in [-0.25, -0.2) is 8.78 Å². The van der Waals surface area contributed by atoms with Crippen LogP contribution in [0.1, 0.15) is 72.6 Å². The number of carbonyl (C=O) groups excluding carboxylic acids is 3. The highest BCUT2D eigenvalue weighted by atomic mass is 19.1. The third kappa shape index (κ3) is 3.50. The number of halogens is 2. The van der Waals surface area contributed by atoms with Crippen LogP contribution in [0.15, 0.2) is 23.8 Å². The molecule has 7 nitrogen and oxygen atoms in total. The number of ketones is 2. The molecule has 4 aliphatic carbocycles. The number of hydrogen-bond donors (Lipinski definition) is 1. The Kier molecular flexibility index (Phi) is 6.76. The molecular weight excluding hydrogens is 498 g/mol. The minimum atomic E-state index is -2.25. The van der Waals surface area contributed by atoms with Crippen molar-refractivity contribution in [2.75, 3.05) is 6.61 Å². The van der Waals surface area contributed by atoms with E-state index in [0.29, 0.717) is 6.42 Å². The van der Waals surface area contributed by atoms with Gasteiger partial charge >= 0.3 is 5.97 Å². The molecule has 0 spiro atoms. The van der Waals surface area contributed by atoms with Gasteiger partial charge in [0.2, 0.25) is 0 Å². The van der Waals surface area contributed by atoms with Gasteiger partial charge in [-0.05, 0) is 63.2 Å². The van der Waals surface area contributed by atoms with Gasteiger partial charge in [-0.2, -0.15) is 0 Å². The predicted octanol–water partition coefficient (Wildman–Crippen LogP) is 4.11. The average Bonchev–Trinajstić information content (AvgIpc) is 3.34. The number of allylic oxidation sites excluding steroid dienone is 4. The smallest absolute Gasteiger partial charge is 0.306 e. The standard InChI is InChI=1S/C29H38F2O7/c1-5-7-25-37-23-14-17-18-13-20(30)19-12-16(32)10-11-26(19,3)28(18,31)22(34)15-27(17,4)29(23,38-25)21(33)8-9-24(35)36-6-2/h10-12,17-18,20,22-23,25,34H,5-9,13-15H2,1-4H3/t17-,18-,20-,22-,23+,25?,26-,27-,28-,29+/m0/s1. The van der Waals surface area contributed by atoms with Crippen LogP contribution >= 0.6 is 0 Å². The number of esters is 1. The summed E-state index contributed by atoms with van der Waals surface area (Å²) in [6, 6.07) is 0. The van der Waals surface area contributed by atoms with Crippen molar-refractivity contribution in [1.82, 2.24) is 0 Å². The van der Waals surface area contributed by atoms with Crippen LogP contribution < -0.4 is 0 Å². The molecule has 0 aromatic carbocycles. The van der Waals surface area contributed by atoms with E-state index in [0.717, 1.165) is 12.5 Å². The second-order valence-corrected chi connectivity index (χ2v) is 12.0. The van der Waals surface area contributed by atoms with E-state index >= 15 is 8.78 Å². The highest BCUT2D eigenvalue weighted by molar-refractivity contribution is 6.01. The molecular formula is C29H38F2O7. The van der Waals surface area contributed by atoms with E-state index in [2.05, 4.69) is 0 Å². The Bertz CT molecular complexity index is 1090. The highest BCUT2D eigenvalue weighted by Crippen LogP contribution is 2.72. The van der Waals surface area contributed by atoms with Gasteiger partial charge in [-0.3, -0.25) is 14.4 Å². The summed E-state index contributed by atoms with van der Waals surface area (Å²) in [5.74, 6) is -2.70. The fourth-order valence-corrected chi connectivity index (χ4v) is 8.52. The first-order valence-corrected chi connectivity index (χ1v) is 13.9. The van der Waals surface area contributed by atoms with Crippen molar-refractivity contribution < 1.29 is 42.5 Å². The van der Waals surface area contributed by atoms with Gasteiger partial charge < -0.3 is 19.3 Å². The van der Waals surface area contributed by atoms with Crippen molar-refractivity contribution in [3.63, 3.8) is 0 Å². The summed E-state index contributed by atoms with van der Waals surface area (Å²) in [5, 5.41) is 11.6. The molecule has 1 unspecified atom stereocenters. The molecule has 0 bridgehead atoms. The lowest BCUT2D eigenvalue weighted by molar-refractivity contribution is -0.234. The first kappa shape index (κ1) is 27.6. The van der Waals surface area contributed by atoms with Gasteiger partial charge in [0.05, 0.1) is 25.2 Å². The van der Waals surface area contributed by atoms with E-state index in [1.807, 2.05) is 13.8 Å². The molecule has 1 N–H and O–H groups in total. The number of fused-ring (bicyclic) bond motifs is 7. The number of ether oxygens (including phenoxy) is 3. The third-order valence-corrected chi connectivity index (χ3v) is 10.2. The molecule has 1 saturated heterocycles. The van der Waals surface area contributed by atoms with Crippen molar-refractivity contribution >= 4 is 17.5 Å². The minimum Gasteiger partial charge on any atom is -0.466 e. The van der Waals surface area contributed by atoms with Gasteiger partial charge in [-0.1, -0.05) is 26.3 Å². The van der Waals surface area contributed by atoms with E-state index in [1.165, 1.54) is 12.2 Å². The Morgan fingerprint density at radius 3 is 2.61 bits per heavy atom. The normalized spacial score (nSPS) is 47.0. The lowest BCUT2D eigenvalue weighted by Gasteiger charge is -2.63. The molecule has 5 rings (SSSR count). The topological polar surface area (TPSA) is 99.1 Å². The number of alkyl halides is 2. The molecule has 1 aliphatic heterocycles. The molecule has 0 aromatic rings. The van der Waals surface area contributed by atoms with Crippen LogP contribution in [0.25, 0.3) is 0 Å². The molecule has 9 heteroatoms. The summed E-state index contributed by atoms with van der Waals surface area (Å²) in [7, 11) is 0. The average molecular weight is 537 g/mol. The van der Waals surface area contributed by atoms with Gasteiger partial charge in [0.15, 0.2) is 29.1 Å². The fraction of sp³-hybridized carbons (Fsp3) is 0.759. The number of hydrogen-bond acceptors (Lipinski definition) is 7. The van der Waals surface area contributed by atoms with E-state index in [1.54, 1.807) is 13.8 Å². The van der Waals surface area contributed by atoms with Gasteiger partial charge in [-0.15, -0.1) is 0 Å². The summed E-state index contributed by atoms with van der Waals surface area (Å²) in [6.45, 7) is 7.23. The first-order chi connectivity index (χ1) is 17.9. The molecule has 1 heterocycles. The maximum absolute atomic E-state index is 17.4. The molecule has 38 heavy (non-hydrogen) atoms. The van der Waals surface area contributed by atoms with Gasteiger partial charge in [0.25, 0.3) is 0 Å². The summed E-state index contributed by atoms with van der Waals surface area (Å²) >= 11 is 0. The van der Waals surface area contributed by atoms with E-state index < -0.39 is 70.4 Å². The highest BCUT2D eigenvalue weighted by Gasteiger charge is 2.79. The van der Waals surface area contributed by atoms with Crippen LogP contribution in [-0.2, 0) is 28.6 Å². The SMILES string of the molecule is CCCC1O[C@@H]2C[C@H]3[C@@H]4C[C@H](F)C5=CC(=O)C=C[C@]5(C)[C@@]4(F)[C@@H](O)C[C@]3(C)[C@]2(C(=O)CCC(=O)OCC)O1. The van der Waals surface area contributed by atoms with Crippen LogP contribution in [0.4, 0.5) is 8.78 Å². The molecule has 0 amide bonds. The Morgan fingerprint density at radius 2 is 1.92 bits per heavy atom. The zero-order valence-electron chi connectivity index (χ0n) is 22.5. The Hall–Kier alpha value is -1.97. The summed E-state index contributed by atoms with van der Waals surface area (Å²) < 4.78 is 50.8. The number of aliphatic hydroxyl groups is 1. The zero-order chi connectivity index (χ0) is 27.7. The molecule has 0 radical (unpaired) electrons. The van der Waals surface area contributed by atoms with Crippen molar-refractivity contribution in [3.05, 3.63) is 23.8 Å². The second kappa shape index (κ2) is 9.30. The van der Waals surface area contributed by atoms with E-state index in [4.69, 9.17) is 14.2 Å². The predicted molar refractivity (Wildman–Crippen MR) is 132 cm³/mol. The van der Waals surface area contributed by atoms with Crippen LogP contribution in [0.2, 0.25) is 0 Å². The van der Waals surface area contributed by atoms with Gasteiger partial charge in [0, 0.05) is 23.2 Å². The number of carbonyl (C=O) groups is 3. The monoisotopic (exact) mass is 536 g/mol. The maximum atomic E-state index is 17.4. The second-order valence-electron chi connectivity index (χ2n) is 12.0. The largest absolute Gasteiger partial charge is 0.466 e. The summed E-state index contributed by atoms with van der Waals surface area (Å²) in [5.41, 5.74) is -6.25. The molecule has 5 aliphatic rings. The molecule has 4 fully saturated rings. The van der Waals surface area contributed by atoms with Crippen molar-refractivity contribution in [2.45, 2.75) is 109 Å². The Balaban J connectivity index is 1.55. The number of rotatable bonds is 7. The Labute approximate surface area is 221 Å². The lowest BCUT2D eigenvalue weighted by Crippen LogP contribution is -2.70. The van der Waals surface area contributed by atoms with E-state index in [-0.39, 0.29) is 50.1 Å². The Morgan fingerprint density at radius 1 is 1.18 bits per heavy atom. The molecule has 10 atom stereocenters.